The Morgan fingerprint density at radius 2 is 1.61 bits per heavy atom. The Morgan fingerprint density at radius 1 is 0.857 bits per heavy atom. The third kappa shape index (κ3) is 2.63. The molecule has 0 N–H and O–H groups in total. The number of thiazole rings is 1. The fraction of sp³-hybridized carbons (Fsp3) is 0.0870. The number of hydrogen-bond acceptors (Lipinski definition) is 4. The van der Waals surface area contributed by atoms with E-state index in [1.807, 2.05) is 48.5 Å². The van der Waals surface area contributed by atoms with Crippen molar-refractivity contribution >= 4 is 32.3 Å². The Hall–Kier alpha value is -3.31. The molecule has 136 valence electrons. The van der Waals surface area contributed by atoms with Gasteiger partial charge in [0, 0.05) is 10.9 Å². The first kappa shape index (κ1) is 16.8. The zero-order valence-corrected chi connectivity index (χ0v) is 16.3. The van der Waals surface area contributed by atoms with E-state index in [9.17, 15) is 4.79 Å². The lowest BCUT2D eigenvalue weighted by Crippen LogP contribution is -2.22. The van der Waals surface area contributed by atoms with Crippen LogP contribution >= 0.6 is 11.3 Å². The first-order chi connectivity index (χ1) is 13.6. The van der Waals surface area contributed by atoms with Crippen molar-refractivity contribution in [2.75, 3.05) is 0 Å². The second-order valence-electron chi connectivity index (χ2n) is 6.87. The number of aryl methyl sites for hydroxylation is 2. The number of fused-ring (bicyclic) bond motifs is 2. The maximum absolute atomic E-state index is 13.2. The summed E-state index contributed by atoms with van der Waals surface area (Å²) in [5.74, 6) is 0. The van der Waals surface area contributed by atoms with Gasteiger partial charge in [-0.3, -0.25) is 4.79 Å². The van der Waals surface area contributed by atoms with Gasteiger partial charge in [-0.05, 0) is 49.2 Å². The van der Waals surface area contributed by atoms with Gasteiger partial charge >= 0.3 is 0 Å². The van der Waals surface area contributed by atoms with Crippen LogP contribution in [-0.2, 0) is 0 Å². The fourth-order valence-electron chi connectivity index (χ4n) is 3.37. The molecule has 0 radical (unpaired) electrons. The van der Waals surface area contributed by atoms with Crippen LogP contribution in [0.4, 0.5) is 0 Å². The summed E-state index contributed by atoms with van der Waals surface area (Å²) in [6.45, 7) is 4.18. The minimum absolute atomic E-state index is 0.151. The van der Waals surface area contributed by atoms with Crippen molar-refractivity contribution in [1.82, 2.24) is 14.8 Å². The summed E-state index contributed by atoms with van der Waals surface area (Å²) in [5.41, 5.74) is 4.93. The smallest absolute Gasteiger partial charge is 0.267 e. The van der Waals surface area contributed by atoms with Crippen LogP contribution in [-0.4, -0.2) is 14.8 Å². The van der Waals surface area contributed by atoms with Gasteiger partial charge in [0.25, 0.3) is 5.56 Å². The van der Waals surface area contributed by atoms with Crippen molar-refractivity contribution in [3.05, 3.63) is 88.2 Å². The molecule has 0 atom stereocenters. The van der Waals surface area contributed by atoms with Gasteiger partial charge in [0.15, 0.2) is 0 Å². The van der Waals surface area contributed by atoms with Gasteiger partial charge in [-0.25, -0.2) is 4.98 Å². The normalized spacial score (nSPS) is 11.4. The summed E-state index contributed by atoms with van der Waals surface area (Å²) in [6, 6.07) is 21.8. The lowest BCUT2D eigenvalue weighted by molar-refractivity contribution is 0.820. The van der Waals surface area contributed by atoms with Gasteiger partial charge < -0.3 is 0 Å². The average Bonchev–Trinajstić information content (AvgIpc) is 3.14. The third-order valence-corrected chi connectivity index (χ3v) is 6.06. The molecule has 0 bridgehead atoms. The minimum Gasteiger partial charge on any atom is -0.267 e. The number of rotatable bonds is 2. The van der Waals surface area contributed by atoms with E-state index in [0.29, 0.717) is 10.5 Å². The van der Waals surface area contributed by atoms with E-state index >= 15 is 0 Å². The summed E-state index contributed by atoms with van der Waals surface area (Å²) in [6.07, 6.45) is 0. The predicted molar refractivity (Wildman–Crippen MR) is 115 cm³/mol. The molecular formula is C23H17N3OS. The average molecular weight is 383 g/mol. The second kappa shape index (κ2) is 6.39. The number of para-hydroxylation sites is 1. The highest BCUT2D eigenvalue weighted by atomic mass is 32.1. The molecule has 5 rings (SSSR count). The molecule has 0 amide bonds. The molecule has 5 aromatic rings. The third-order valence-electron chi connectivity index (χ3n) is 5.05. The number of hydrogen-bond donors (Lipinski definition) is 0. The Morgan fingerprint density at radius 3 is 2.39 bits per heavy atom. The largest absolute Gasteiger partial charge is 0.281 e. The van der Waals surface area contributed by atoms with Crippen molar-refractivity contribution in [3.8, 4) is 16.4 Å². The van der Waals surface area contributed by atoms with Crippen LogP contribution in [0, 0.1) is 13.8 Å². The SMILES string of the molecule is Cc1ccc(-c2nn(-c3nc4ccccc4s3)c(=O)c3ccccc23)cc1C. The summed E-state index contributed by atoms with van der Waals surface area (Å²) in [4.78, 5) is 17.8. The monoisotopic (exact) mass is 383 g/mol. The van der Waals surface area contributed by atoms with Crippen LogP contribution < -0.4 is 5.56 Å². The Bertz CT molecular complexity index is 1380. The molecular weight excluding hydrogens is 366 g/mol. The second-order valence-corrected chi connectivity index (χ2v) is 7.88. The van der Waals surface area contributed by atoms with Crippen molar-refractivity contribution in [2.45, 2.75) is 13.8 Å². The molecule has 2 aromatic heterocycles. The van der Waals surface area contributed by atoms with Crippen LogP contribution in [0.25, 0.3) is 37.4 Å². The van der Waals surface area contributed by atoms with Gasteiger partial charge in [0.1, 0.15) is 0 Å². The maximum atomic E-state index is 13.2. The first-order valence-corrected chi connectivity index (χ1v) is 9.89. The number of benzene rings is 3. The molecule has 0 aliphatic rings. The summed E-state index contributed by atoms with van der Waals surface area (Å²) < 4.78 is 2.48. The molecule has 0 saturated carbocycles. The number of aromatic nitrogens is 3. The van der Waals surface area contributed by atoms with E-state index in [-0.39, 0.29) is 5.56 Å². The Balaban J connectivity index is 1.84. The molecule has 0 spiro atoms. The molecule has 28 heavy (non-hydrogen) atoms. The van der Waals surface area contributed by atoms with Crippen molar-refractivity contribution < 1.29 is 0 Å². The molecule has 0 aliphatic heterocycles. The minimum atomic E-state index is -0.151. The van der Waals surface area contributed by atoms with E-state index in [1.165, 1.54) is 27.1 Å². The molecule has 0 saturated heterocycles. The summed E-state index contributed by atoms with van der Waals surface area (Å²) in [5, 5.41) is 6.84. The van der Waals surface area contributed by atoms with Crippen LogP contribution in [0.5, 0.6) is 0 Å². The van der Waals surface area contributed by atoms with Gasteiger partial charge in [-0.2, -0.15) is 9.78 Å². The van der Waals surface area contributed by atoms with Crippen molar-refractivity contribution in [3.63, 3.8) is 0 Å². The zero-order valence-electron chi connectivity index (χ0n) is 15.5. The number of nitrogens with zero attached hydrogens (tertiary/aromatic N) is 3. The fourth-order valence-corrected chi connectivity index (χ4v) is 4.29. The van der Waals surface area contributed by atoms with Gasteiger partial charge in [0.2, 0.25) is 5.13 Å². The maximum Gasteiger partial charge on any atom is 0.281 e. The Labute approximate surface area is 165 Å². The zero-order chi connectivity index (χ0) is 19.3. The molecule has 3 aromatic carbocycles. The van der Waals surface area contributed by atoms with E-state index < -0.39 is 0 Å². The van der Waals surface area contributed by atoms with Crippen LogP contribution in [0.3, 0.4) is 0 Å². The predicted octanol–water partition coefficient (Wildman–Crippen LogP) is 5.28. The van der Waals surface area contributed by atoms with Gasteiger partial charge in [-0.15, -0.1) is 0 Å². The van der Waals surface area contributed by atoms with Crippen molar-refractivity contribution in [2.24, 2.45) is 0 Å². The standard InChI is InChI=1S/C23H17N3OS/c1-14-11-12-16(13-15(14)2)21-17-7-3-4-8-18(17)22(27)26(25-21)23-24-19-9-5-6-10-20(19)28-23/h3-13H,1-2H3. The van der Waals surface area contributed by atoms with E-state index in [1.54, 1.807) is 0 Å². The molecule has 2 heterocycles. The lowest BCUT2D eigenvalue weighted by atomic mass is 10.0. The topological polar surface area (TPSA) is 47.8 Å². The lowest BCUT2D eigenvalue weighted by Gasteiger charge is -2.10. The molecule has 0 unspecified atom stereocenters. The molecule has 4 nitrogen and oxygen atoms in total. The quantitative estimate of drug-likeness (QED) is 0.417. The van der Waals surface area contributed by atoms with E-state index in [0.717, 1.165) is 26.9 Å². The van der Waals surface area contributed by atoms with Gasteiger partial charge in [0.05, 0.1) is 21.3 Å². The summed E-state index contributed by atoms with van der Waals surface area (Å²) >= 11 is 1.47. The van der Waals surface area contributed by atoms with Crippen LogP contribution in [0.1, 0.15) is 11.1 Å². The highest BCUT2D eigenvalue weighted by Crippen LogP contribution is 2.28. The van der Waals surface area contributed by atoms with Crippen molar-refractivity contribution in [1.29, 1.82) is 0 Å². The van der Waals surface area contributed by atoms with E-state index in [2.05, 4.69) is 37.0 Å². The molecule has 0 fully saturated rings. The molecule has 5 heteroatoms. The summed E-state index contributed by atoms with van der Waals surface area (Å²) in [7, 11) is 0. The van der Waals surface area contributed by atoms with E-state index in [4.69, 9.17) is 5.10 Å². The first-order valence-electron chi connectivity index (χ1n) is 9.07. The Kier molecular flexibility index (Phi) is 3.84. The van der Waals surface area contributed by atoms with Gasteiger partial charge in [-0.1, -0.05) is 53.8 Å². The van der Waals surface area contributed by atoms with Crippen LogP contribution in [0.2, 0.25) is 0 Å². The highest BCUT2D eigenvalue weighted by Gasteiger charge is 2.16. The van der Waals surface area contributed by atoms with Crippen LogP contribution in [0.15, 0.2) is 71.5 Å². The molecule has 0 aliphatic carbocycles. The highest BCUT2D eigenvalue weighted by molar-refractivity contribution is 7.20.